The highest BCUT2D eigenvalue weighted by Crippen LogP contribution is 2.31. The van der Waals surface area contributed by atoms with Crippen LogP contribution in [0.2, 0.25) is 0 Å². The maximum absolute atomic E-state index is 12.5. The van der Waals surface area contributed by atoms with Crippen LogP contribution in [0.15, 0.2) is 23.1 Å². The summed E-state index contributed by atoms with van der Waals surface area (Å²) >= 11 is 0. The van der Waals surface area contributed by atoms with Gasteiger partial charge in [-0.1, -0.05) is 0 Å². The molecule has 0 saturated carbocycles. The quantitative estimate of drug-likeness (QED) is 0.648. The molecule has 1 heterocycles. The lowest BCUT2D eigenvalue weighted by Gasteiger charge is -2.29. The third-order valence-corrected chi connectivity index (χ3v) is 5.21. The van der Waals surface area contributed by atoms with Crippen LogP contribution >= 0.6 is 0 Å². The van der Waals surface area contributed by atoms with Crippen molar-refractivity contribution in [3.05, 3.63) is 28.3 Å². The zero-order valence-electron chi connectivity index (χ0n) is 11.4. The van der Waals surface area contributed by atoms with Gasteiger partial charge in [0.1, 0.15) is 0 Å². The molecule has 0 radical (unpaired) electrons. The largest absolute Gasteiger partial charge is 0.490 e. The van der Waals surface area contributed by atoms with Crippen molar-refractivity contribution in [3.8, 4) is 5.75 Å². The van der Waals surface area contributed by atoms with E-state index < -0.39 is 26.7 Å². The number of hydrogen-bond acceptors (Lipinski definition) is 6. The van der Waals surface area contributed by atoms with Gasteiger partial charge in [-0.05, 0) is 25.0 Å². The Balaban J connectivity index is 2.40. The van der Waals surface area contributed by atoms with Crippen molar-refractivity contribution in [2.24, 2.45) is 0 Å². The maximum atomic E-state index is 12.5. The highest BCUT2D eigenvalue weighted by molar-refractivity contribution is 7.89. The van der Waals surface area contributed by atoms with Crippen molar-refractivity contribution < 1.29 is 23.2 Å². The Labute approximate surface area is 122 Å². The molecule has 1 N–H and O–H groups in total. The van der Waals surface area contributed by atoms with Gasteiger partial charge >= 0.3 is 5.69 Å². The van der Waals surface area contributed by atoms with Crippen molar-refractivity contribution >= 4 is 15.7 Å². The number of nitro groups is 1. The smallest absolute Gasteiger partial charge is 0.312 e. The summed E-state index contributed by atoms with van der Waals surface area (Å²) in [5, 5.41) is 20.5. The van der Waals surface area contributed by atoms with Gasteiger partial charge in [0.15, 0.2) is 5.75 Å². The fourth-order valence-electron chi connectivity index (χ4n) is 2.26. The van der Waals surface area contributed by atoms with Crippen LogP contribution in [0, 0.1) is 10.1 Å². The molecule has 1 aromatic carbocycles. The number of sulfonamides is 1. The number of aliphatic hydroxyl groups excluding tert-OH is 1. The summed E-state index contributed by atoms with van der Waals surface area (Å²) < 4.78 is 30.9. The molecule has 0 aliphatic carbocycles. The van der Waals surface area contributed by atoms with Crippen LogP contribution in [0.1, 0.15) is 12.8 Å². The molecule has 0 unspecified atom stereocenters. The molecule has 2 rings (SSSR count). The molecule has 0 amide bonds. The first-order chi connectivity index (χ1) is 9.86. The molecule has 1 atom stereocenters. The molecule has 1 aromatic rings. The number of methoxy groups -OCH3 is 1. The number of hydrogen-bond donors (Lipinski definition) is 1. The minimum absolute atomic E-state index is 0.00214. The molecule has 0 spiro atoms. The van der Waals surface area contributed by atoms with Gasteiger partial charge in [-0.15, -0.1) is 0 Å². The molecule has 116 valence electrons. The van der Waals surface area contributed by atoms with Crippen LogP contribution in [0.25, 0.3) is 0 Å². The fraction of sp³-hybridized carbons (Fsp3) is 0.500. The van der Waals surface area contributed by atoms with E-state index in [1.807, 2.05) is 0 Å². The monoisotopic (exact) mass is 316 g/mol. The lowest BCUT2D eigenvalue weighted by Crippen LogP contribution is -2.42. The number of benzene rings is 1. The van der Waals surface area contributed by atoms with Gasteiger partial charge in [-0.25, -0.2) is 8.42 Å². The summed E-state index contributed by atoms with van der Waals surface area (Å²) in [6.07, 6.45) is 0.398. The summed E-state index contributed by atoms with van der Waals surface area (Å²) in [6, 6.07) is 3.50. The minimum atomic E-state index is -3.86. The van der Waals surface area contributed by atoms with E-state index in [1.54, 1.807) is 0 Å². The first-order valence-corrected chi connectivity index (χ1v) is 7.81. The van der Waals surface area contributed by atoms with Gasteiger partial charge in [-0.3, -0.25) is 10.1 Å². The number of nitro benzene ring substituents is 1. The van der Waals surface area contributed by atoms with Gasteiger partial charge < -0.3 is 9.84 Å². The lowest BCUT2D eigenvalue weighted by atomic mass is 10.1. The van der Waals surface area contributed by atoms with Crippen LogP contribution in [0.4, 0.5) is 5.69 Å². The van der Waals surface area contributed by atoms with Crippen LogP contribution in [-0.2, 0) is 10.0 Å². The molecule has 8 nitrogen and oxygen atoms in total. The standard InChI is InChI=1S/C12H16N2O6S/c1-20-12-5-4-10(7-11(12)14(16)17)21(18,19)13-6-2-3-9(15)8-13/h4-5,7,9,15H,2-3,6,8H2,1H3/t9-/m0/s1. The second kappa shape index (κ2) is 5.96. The Kier molecular flexibility index (Phi) is 4.45. The zero-order valence-corrected chi connectivity index (χ0v) is 12.2. The van der Waals surface area contributed by atoms with Gasteiger partial charge in [0, 0.05) is 19.2 Å². The Morgan fingerprint density at radius 3 is 2.76 bits per heavy atom. The number of ether oxygens (including phenoxy) is 1. The van der Waals surface area contributed by atoms with E-state index in [4.69, 9.17) is 4.74 Å². The Hall–Kier alpha value is -1.71. The molecule has 21 heavy (non-hydrogen) atoms. The van der Waals surface area contributed by atoms with E-state index in [1.165, 1.54) is 19.2 Å². The Bertz CT molecular complexity index is 645. The summed E-state index contributed by atoms with van der Waals surface area (Å²) in [5.41, 5.74) is -0.406. The lowest BCUT2D eigenvalue weighted by molar-refractivity contribution is -0.386. The van der Waals surface area contributed by atoms with E-state index >= 15 is 0 Å². The zero-order chi connectivity index (χ0) is 15.6. The van der Waals surface area contributed by atoms with E-state index in [2.05, 4.69) is 0 Å². The van der Waals surface area contributed by atoms with Crippen LogP contribution in [-0.4, -0.2) is 49.1 Å². The molecule has 0 bridgehead atoms. The van der Waals surface area contributed by atoms with E-state index in [0.717, 1.165) is 10.4 Å². The van der Waals surface area contributed by atoms with Crippen LogP contribution in [0.3, 0.4) is 0 Å². The fourth-order valence-corrected chi connectivity index (χ4v) is 3.80. The Morgan fingerprint density at radius 1 is 1.48 bits per heavy atom. The highest BCUT2D eigenvalue weighted by Gasteiger charge is 2.31. The normalized spacial score (nSPS) is 20.2. The molecule has 1 aliphatic rings. The predicted octanol–water partition coefficient (Wildman–Crippen LogP) is 0.749. The SMILES string of the molecule is COc1ccc(S(=O)(=O)N2CCC[C@H](O)C2)cc1[N+](=O)[O-]. The van der Waals surface area contributed by atoms with E-state index in [-0.39, 0.29) is 17.2 Å². The molecular weight excluding hydrogens is 300 g/mol. The first kappa shape index (κ1) is 15.7. The summed E-state index contributed by atoms with van der Waals surface area (Å²) in [6.45, 7) is 0.293. The second-order valence-electron chi connectivity index (χ2n) is 4.75. The molecule has 9 heteroatoms. The number of β-amino-alcohol motifs (C(OH)–C–C–N with tert-alkyl or cyclic N) is 1. The van der Waals surface area contributed by atoms with Crippen LogP contribution < -0.4 is 4.74 Å². The van der Waals surface area contributed by atoms with Crippen molar-refractivity contribution in [1.82, 2.24) is 4.31 Å². The summed E-state index contributed by atoms with van der Waals surface area (Å²) in [7, 11) is -2.59. The van der Waals surface area contributed by atoms with Gasteiger partial charge in [0.05, 0.1) is 23.0 Å². The number of nitrogens with zero attached hydrogens (tertiary/aromatic N) is 2. The molecule has 1 saturated heterocycles. The molecular formula is C12H16N2O6S. The number of aliphatic hydroxyl groups is 1. The molecule has 0 aromatic heterocycles. The number of piperidine rings is 1. The summed E-state index contributed by atoms with van der Waals surface area (Å²) in [4.78, 5) is 10.1. The maximum Gasteiger partial charge on any atom is 0.312 e. The third kappa shape index (κ3) is 3.14. The average molecular weight is 316 g/mol. The third-order valence-electron chi connectivity index (χ3n) is 3.34. The topological polar surface area (TPSA) is 110 Å². The van der Waals surface area contributed by atoms with Crippen molar-refractivity contribution in [3.63, 3.8) is 0 Å². The van der Waals surface area contributed by atoms with E-state index in [0.29, 0.717) is 19.4 Å². The minimum Gasteiger partial charge on any atom is -0.490 e. The van der Waals surface area contributed by atoms with Crippen LogP contribution in [0.5, 0.6) is 5.75 Å². The van der Waals surface area contributed by atoms with Crippen molar-refractivity contribution in [1.29, 1.82) is 0 Å². The average Bonchev–Trinajstić information content (AvgIpc) is 2.46. The first-order valence-electron chi connectivity index (χ1n) is 6.37. The van der Waals surface area contributed by atoms with Crippen molar-refractivity contribution in [2.45, 2.75) is 23.8 Å². The van der Waals surface area contributed by atoms with E-state index in [9.17, 15) is 23.6 Å². The molecule has 1 aliphatic heterocycles. The Morgan fingerprint density at radius 2 is 2.19 bits per heavy atom. The number of rotatable bonds is 4. The predicted molar refractivity (Wildman–Crippen MR) is 73.6 cm³/mol. The summed E-state index contributed by atoms with van der Waals surface area (Å²) in [5.74, 6) is -0.00220. The highest BCUT2D eigenvalue weighted by atomic mass is 32.2. The second-order valence-corrected chi connectivity index (χ2v) is 6.69. The van der Waals surface area contributed by atoms with Gasteiger partial charge in [0.2, 0.25) is 10.0 Å². The molecule has 1 fully saturated rings. The van der Waals surface area contributed by atoms with Gasteiger partial charge in [-0.2, -0.15) is 4.31 Å². The van der Waals surface area contributed by atoms with Gasteiger partial charge in [0.25, 0.3) is 0 Å². The van der Waals surface area contributed by atoms with Crippen molar-refractivity contribution in [2.75, 3.05) is 20.2 Å².